The normalized spacial score (nSPS) is 19.3. The molecule has 2 heterocycles. The highest BCUT2D eigenvalue weighted by atomic mass is 16.6. The molecule has 1 saturated heterocycles. The van der Waals surface area contributed by atoms with Crippen LogP contribution in [0.3, 0.4) is 0 Å². The first kappa shape index (κ1) is 15.2. The van der Waals surface area contributed by atoms with Crippen LogP contribution in [0, 0.1) is 6.92 Å². The summed E-state index contributed by atoms with van der Waals surface area (Å²) in [5.74, 6) is -0.406. The molecule has 0 bridgehead atoms. The average Bonchev–Trinajstić information content (AvgIpc) is 3.29. The molecule has 23 heavy (non-hydrogen) atoms. The summed E-state index contributed by atoms with van der Waals surface area (Å²) in [6.45, 7) is 2.07. The van der Waals surface area contributed by atoms with Gasteiger partial charge < -0.3 is 9.47 Å². The number of ether oxygens (including phenoxy) is 2. The minimum Gasteiger partial charge on any atom is -0.459 e. The van der Waals surface area contributed by atoms with Crippen LogP contribution in [-0.4, -0.2) is 34.3 Å². The van der Waals surface area contributed by atoms with E-state index in [4.69, 9.17) is 9.47 Å². The maximum absolute atomic E-state index is 11.8. The Bertz CT molecular complexity index is 824. The molecule has 1 N–H and O–H groups in total. The summed E-state index contributed by atoms with van der Waals surface area (Å²) in [5, 5.41) is 0. The summed E-state index contributed by atoms with van der Waals surface area (Å²) in [5.41, 5.74) is 0.0712. The third-order valence-electron chi connectivity index (χ3n) is 3.64. The summed E-state index contributed by atoms with van der Waals surface area (Å²) in [4.78, 5) is 37.0. The number of benzene rings is 1. The molecule has 3 rings (SSSR count). The maximum Gasteiger partial charge on any atom is 0.338 e. The molecule has 1 aliphatic rings. The Morgan fingerprint density at radius 3 is 2.74 bits per heavy atom. The van der Waals surface area contributed by atoms with Crippen LogP contribution in [0.1, 0.15) is 15.9 Å². The molecule has 2 atom stereocenters. The van der Waals surface area contributed by atoms with Crippen LogP contribution < -0.4 is 11.2 Å². The van der Waals surface area contributed by atoms with Crippen LogP contribution in [0.4, 0.5) is 0 Å². The van der Waals surface area contributed by atoms with E-state index in [9.17, 15) is 14.4 Å². The molecule has 2 unspecified atom stereocenters. The number of hydrogen-bond donors (Lipinski definition) is 1. The molecule has 0 radical (unpaired) electrons. The lowest BCUT2D eigenvalue weighted by Crippen LogP contribution is -2.32. The maximum atomic E-state index is 11.8. The standard InChI is InChI=1S/C16H16N2O5/c1-10-7-18(16(21)17-14(10)19)8-12-13(23-12)9-22-15(20)11-5-3-2-4-6-11/h2-7,12-13H,8-9H2,1H3,(H,17,19,21). The molecule has 1 aromatic heterocycles. The fraction of sp³-hybridized carbons (Fsp3) is 0.312. The van der Waals surface area contributed by atoms with E-state index in [1.54, 1.807) is 31.2 Å². The number of aryl methyl sites for hydroxylation is 1. The Labute approximate surface area is 131 Å². The van der Waals surface area contributed by atoms with E-state index in [-0.39, 0.29) is 18.8 Å². The molecule has 0 aliphatic carbocycles. The molecule has 120 valence electrons. The van der Waals surface area contributed by atoms with Gasteiger partial charge in [-0.05, 0) is 19.1 Å². The van der Waals surface area contributed by atoms with Crippen molar-refractivity contribution >= 4 is 5.97 Å². The summed E-state index contributed by atoms with van der Waals surface area (Å²) in [6, 6.07) is 8.70. The lowest BCUT2D eigenvalue weighted by molar-refractivity contribution is 0.0476. The number of epoxide rings is 1. The molecule has 0 saturated carbocycles. The number of rotatable bonds is 5. The zero-order chi connectivity index (χ0) is 16.4. The molecule has 1 fully saturated rings. The van der Waals surface area contributed by atoms with Crippen molar-refractivity contribution in [3.8, 4) is 0 Å². The molecular formula is C16H16N2O5. The van der Waals surface area contributed by atoms with Crippen LogP contribution in [-0.2, 0) is 16.0 Å². The van der Waals surface area contributed by atoms with Gasteiger partial charge in [-0.25, -0.2) is 9.59 Å². The third kappa shape index (κ3) is 3.57. The van der Waals surface area contributed by atoms with Crippen LogP contribution in [0.2, 0.25) is 0 Å². The van der Waals surface area contributed by atoms with Gasteiger partial charge in [0.15, 0.2) is 0 Å². The number of H-pyrrole nitrogens is 1. The number of esters is 1. The Hall–Kier alpha value is -2.67. The van der Waals surface area contributed by atoms with Crippen molar-refractivity contribution in [1.82, 2.24) is 9.55 Å². The van der Waals surface area contributed by atoms with Gasteiger partial charge in [0.05, 0.1) is 12.1 Å². The zero-order valence-electron chi connectivity index (χ0n) is 12.5. The van der Waals surface area contributed by atoms with Gasteiger partial charge >= 0.3 is 11.7 Å². The first-order chi connectivity index (χ1) is 11.0. The van der Waals surface area contributed by atoms with E-state index in [2.05, 4.69) is 4.98 Å². The number of carbonyl (C=O) groups is 1. The first-order valence-electron chi connectivity index (χ1n) is 7.22. The van der Waals surface area contributed by atoms with Gasteiger partial charge in [0.2, 0.25) is 0 Å². The minimum absolute atomic E-state index is 0.134. The lowest BCUT2D eigenvalue weighted by Gasteiger charge is -2.04. The predicted molar refractivity (Wildman–Crippen MR) is 81.4 cm³/mol. The Morgan fingerprint density at radius 1 is 1.26 bits per heavy atom. The largest absolute Gasteiger partial charge is 0.459 e. The van der Waals surface area contributed by atoms with Crippen LogP contribution in [0.5, 0.6) is 0 Å². The third-order valence-corrected chi connectivity index (χ3v) is 3.64. The highest BCUT2D eigenvalue weighted by Crippen LogP contribution is 2.24. The van der Waals surface area contributed by atoms with Crippen LogP contribution in [0.25, 0.3) is 0 Å². The molecule has 0 amide bonds. The summed E-state index contributed by atoms with van der Waals surface area (Å²) in [6.07, 6.45) is 1.05. The molecule has 7 heteroatoms. The van der Waals surface area contributed by atoms with E-state index in [0.717, 1.165) is 0 Å². The van der Waals surface area contributed by atoms with Crippen LogP contribution in [0.15, 0.2) is 46.1 Å². The highest BCUT2D eigenvalue weighted by molar-refractivity contribution is 5.89. The Morgan fingerprint density at radius 2 is 2.00 bits per heavy atom. The second kappa shape index (κ2) is 6.21. The van der Waals surface area contributed by atoms with Gasteiger partial charge in [-0.1, -0.05) is 18.2 Å². The number of aromatic amines is 1. The Kier molecular flexibility index (Phi) is 4.12. The Balaban J connectivity index is 1.53. The number of nitrogens with zero attached hydrogens (tertiary/aromatic N) is 1. The van der Waals surface area contributed by atoms with Crippen molar-refractivity contribution in [2.45, 2.75) is 25.7 Å². The average molecular weight is 316 g/mol. The van der Waals surface area contributed by atoms with Crippen LogP contribution >= 0.6 is 0 Å². The smallest absolute Gasteiger partial charge is 0.338 e. The molecule has 2 aromatic rings. The predicted octanol–water partition coefficient (Wildman–Crippen LogP) is 0.469. The fourth-order valence-electron chi connectivity index (χ4n) is 2.25. The molecule has 0 spiro atoms. The monoisotopic (exact) mass is 316 g/mol. The summed E-state index contributed by atoms with van der Waals surface area (Å²) >= 11 is 0. The van der Waals surface area contributed by atoms with Crippen molar-refractivity contribution in [3.05, 3.63) is 68.5 Å². The molecule has 1 aromatic carbocycles. The van der Waals surface area contributed by atoms with Crippen molar-refractivity contribution in [2.75, 3.05) is 6.61 Å². The van der Waals surface area contributed by atoms with E-state index >= 15 is 0 Å². The summed E-state index contributed by atoms with van der Waals surface area (Å²) < 4.78 is 12.0. The van der Waals surface area contributed by atoms with Gasteiger partial charge in [-0.2, -0.15) is 0 Å². The molecule has 1 aliphatic heterocycles. The first-order valence-corrected chi connectivity index (χ1v) is 7.22. The van der Waals surface area contributed by atoms with Gasteiger partial charge in [-0.3, -0.25) is 14.3 Å². The van der Waals surface area contributed by atoms with Crippen molar-refractivity contribution in [3.63, 3.8) is 0 Å². The van der Waals surface area contributed by atoms with Crippen molar-refractivity contribution in [1.29, 1.82) is 0 Å². The quantitative estimate of drug-likeness (QED) is 0.639. The zero-order valence-corrected chi connectivity index (χ0v) is 12.5. The SMILES string of the molecule is Cc1cn(CC2OC2COC(=O)c2ccccc2)c(=O)[nH]c1=O. The second-order valence-corrected chi connectivity index (χ2v) is 5.40. The van der Waals surface area contributed by atoms with E-state index in [1.165, 1.54) is 10.8 Å². The number of aromatic nitrogens is 2. The number of hydrogen-bond acceptors (Lipinski definition) is 5. The second-order valence-electron chi connectivity index (χ2n) is 5.40. The summed E-state index contributed by atoms with van der Waals surface area (Å²) in [7, 11) is 0. The topological polar surface area (TPSA) is 93.7 Å². The highest BCUT2D eigenvalue weighted by Gasteiger charge is 2.40. The number of nitrogens with one attached hydrogen (secondary N) is 1. The van der Waals surface area contributed by atoms with E-state index in [0.29, 0.717) is 17.7 Å². The van der Waals surface area contributed by atoms with Crippen molar-refractivity contribution < 1.29 is 14.3 Å². The fourth-order valence-corrected chi connectivity index (χ4v) is 2.25. The lowest BCUT2D eigenvalue weighted by atomic mass is 10.2. The number of carbonyl (C=O) groups excluding carboxylic acids is 1. The van der Waals surface area contributed by atoms with Gasteiger partial charge in [0.25, 0.3) is 5.56 Å². The molecular weight excluding hydrogens is 300 g/mol. The van der Waals surface area contributed by atoms with Gasteiger partial charge in [0.1, 0.15) is 18.8 Å². The van der Waals surface area contributed by atoms with Gasteiger partial charge in [0, 0.05) is 11.8 Å². The van der Waals surface area contributed by atoms with E-state index < -0.39 is 17.2 Å². The van der Waals surface area contributed by atoms with Crippen molar-refractivity contribution in [2.24, 2.45) is 0 Å². The minimum atomic E-state index is -0.476. The van der Waals surface area contributed by atoms with Gasteiger partial charge in [-0.15, -0.1) is 0 Å². The van der Waals surface area contributed by atoms with E-state index in [1.807, 2.05) is 6.07 Å². The molecule has 7 nitrogen and oxygen atoms in total.